The lowest BCUT2D eigenvalue weighted by Gasteiger charge is -2.19. The molecular weight excluding hydrogens is 246 g/mol. The van der Waals surface area contributed by atoms with Crippen molar-refractivity contribution in [2.45, 2.75) is 32.2 Å². The Labute approximate surface area is 114 Å². The molecule has 1 aromatic rings. The standard InChI is InChI=1S/C15H20ClNO/c1-10(2)14(9-16)17-15(18)13-8-12(13)11-6-4-3-5-7-11/h3-7,10,12-14H,8-9H2,1-2H3,(H,17,18). The summed E-state index contributed by atoms with van der Waals surface area (Å²) in [5.74, 6) is 1.54. The van der Waals surface area contributed by atoms with E-state index in [2.05, 4.69) is 31.3 Å². The number of nitrogens with one attached hydrogen (secondary N) is 1. The Balaban J connectivity index is 1.90. The summed E-state index contributed by atoms with van der Waals surface area (Å²) >= 11 is 5.87. The first-order valence-electron chi connectivity index (χ1n) is 6.54. The summed E-state index contributed by atoms with van der Waals surface area (Å²) in [5.41, 5.74) is 1.27. The zero-order valence-corrected chi connectivity index (χ0v) is 11.7. The summed E-state index contributed by atoms with van der Waals surface area (Å²) in [7, 11) is 0. The third kappa shape index (κ3) is 3.05. The molecule has 18 heavy (non-hydrogen) atoms. The summed E-state index contributed by atoms with van der Waals surface area (Å²) in [6, 6.07) is 10.3. The van der Waals surface area contributed by atoms with E-state index in [0.29, 0.717) is 17.7 Å². The van der Waals surface area contributed by atoms with Crippen LogP contribution in [-0.4, -0.2) is 17.8 Å². The van der Waals surface area contributed by atoms with Crippen LogP contribution in [0.15, 0.2) is 30.3 Å². The molecule has 98 valence electrons. The summed E-state index contributed by atoms with van der Waals surface area (Å²) in [4.78, 5) is 12.1. The van der Waals surface area contributed by atoms with E-state index in [1.54, 1.807) is 0 Å². The molecule has 3 atom stereocenters. The van der Waals surface area contributed by atoms with Crippen molar-refractivity contribution < 1.29 is 4.79 Å². The molecule has 3 heteroatoms. The van der Waals surface area contributed by atoms with Crippen molar-refractivity contribution in [1.82, 2.24) is 5.32 Å². The second kappa shape index (κ2) is 5.75. The van der Waals surface area contributed by atoms with Gasteiger partial charge in [-0.25, -0.2) is 0 Å². The van der Waals surface area contributed by atoms with Crippen LogP contribution in [0.1, 0.15) is 31.7 Å². The number of rotatable bonds is 5. The molecule has 1 aliphatic rings. The van der Waals surface area contributed by atoms with Gasteiger partial charge in [-0.05, 0) is 23.8 Å². The summed E-state index contributed by atoms with van der Waals surface area (Å²) in [6.07, 6.45) is 0.961. The van der Waals surface area contributed by atoms with Crippen molar-refractivity contribution >= 4 is 17.5 Å². The molecule has 1 aromatic carbocycles. The average molecular weight is 266 g/mol. The molecule has 0 heterocycles. The molecule has 3 unspecified atom stereocenters. The van der Waals surface area contributed by atoms with Gasteiger partial charge in [0, 0.05) is 17.8 Å². The first-order valence-corrected chi connectivity index (χ1v) is 7.08. The zero-order chi connectivity index (χ0) is 13.1. The average Bonchev–Trinajstić information content (AvgIpc) is 3.16. The van der Waals surface area contributed by atoms with Crippen LogP contribution in [0.4, 0.5) is 0 Å². The minimum Gasteiger partial charge on any atom is -0.352 e. The first kappa shape index (κ1) is 13.4. The van der Waals surface area contributed by atoms with E-state index >= 15 is 0 Å². The summed E-state index contributed by atoms with van der Waals surface area (Å²) in [5, 5.41) is 3.06. The van der Waals surface area contributed by atoms with Crippen LogP contribution in [0.5, 0.6) is 0 Å². The lowest BCUT2D eigenvalue weighted by Crippen LogP contribution is -2.40. The smallest absolute Gasteiger partial charge is 0.224 e. The number of amides is 1. The molecule has 1 saturated carbocycles. The van der Waals surface area contributed by atoms with Gasteiger partial charge in [-0.2, -0.15) is 0 Å². The van der Waals surface area contributed by atoms with E-state index in [1.165, 1.54) is 5.56 Å². The van der Waals surface area contributed by atoms with E-state index in [4.69, 9.17) is 11.6 Å². The Bertz CT molecular complexity index is 404. The Kier molecular flexibility index (Phi) is 4.28. The second-order valence-electron chi connectivity index (χ2n) is 5.37. The first-order chi connectivity index (χ1) is 8.63. The van der Waals surface area contributed by atoms with Crippen LogP contribution in [-0.2, 0) is 4.79 Å². The van der Waals surface area contributed by atoms with Gasteiger partial charge in [0.15, 0.2) is 0 Å². The minimum absolute atomic E-state index is 0.0798. The van der Waals surface area contributed by atoms with Crippen LogP contribution < -0.4 is 5.32 Å². The minimum atomic E-state index is 0.0798. The maximum atomic E-state index is 12.1. The van der Waals surface area contributed by atoms with Crippen molar-refractivity contribution in [2.24, 2.45) is 11.8 Å². The predicted octanol–water partition coefficient (Wildman–Crippen LogP) is 3.17. The molecule has 1 fully saturated rings. The Morgan fingerprint density at radius 1 is 1.39 bits per heavy atom. The van der Waals surface area contributed by atoms with Gasteiger partial charge in [-0.1, -0.05) is 44.2 Å². The predicted molar refractivity (Wildman–Crippen MR) is 74.8 cm³/mol. The summed E-state index contributed by atoms with van der Waals surface area (Å²) in [6.45, 7) is 4.16. The fourth-order valence-corrected chi connectivity index (χ4v) is 2.66. The molecule has 1 aliphatic carbocycles. The normalized spacial score (nSPS) is 23.8. The molecule has 1 amide bonds. The van der Waals surface area contributed by atoms with Gasteiger partial charge in [0.25, 0.3) is 0 Å². The van der Waals surface area contributed by atoms with Gasteiger partial charge in [0.2, 0.25) is 5.91 Å². The molecule has 0 aromatic heterocycles. The van der Waals surface area contributed by atoms with Gasteiger partial charge >= 0.3 is 0 Å². The van der Waals surface area contributed by atoms with Gasteiger partial charge < -0.3 is 5.32 Å². The third-order valence-electron chi connectivity index (χ3n) is 3.65. The number of hydrogen-bond acceptors (Lipinski definition) is 1. The van der Waals surface area contributed by atoms with Gasteiger partial charge in [-0.15, -0.1) is 11.6 Å². The molecule has 0 bridgehead atoms. The number of carbonyl (C=O) groups is 1. The molecule has 0 aliphatic heterocycles. The number of hydrogen-bond donors (Lipinski definition) is 1. The molecule has 2 rings (SSSR count). The maximum Gasteiger partial charge on any atom is 0.224 e. The molecule has 0 spiro atoms. The van der Waals surface area contributed by atoms with Crippen LogP contribution in [0.3, 0.4) is 0 Å². The lowest BCUT2D eigenvalue weighted by atomic mass is 10.1. The molecular formula is C15H20ClNO. The Hall–Kier alpha value is -1.02. The lowest BCUT2D eigenvalue weighted by molar-refractivity contribution is -0.123. The molecule has 0 radical (unpaired) electrons. The van der Waals surface area contributed by atoms with E-state index in [-0.39, 0.29) is 17.9 Å². The van der Waals surface area contributed by atoms with Gasteiger partial charge in [-0.3, -0.25) is 4.79 Å². The highest BCUT2D eigenvalue weighted by Gasteiger charge is 2.44. The largest absolute Gasteiger partial charge is 0.352 e. The van der Waals surface area contributed by atoms with Crippen molar-refractivity contribution in [1.29, 1.82) is 0 Å². The Morgan fingerprint density at radius 3 is 2.61 bits per heavy atom. The number of carbonyl (C=O) groups excluding carboxylic acids is 1. The van der Waals surface area contributed by atoms with Crippen molar-refractivity contribution in [3.05, 3.63) is 35.9 Å². The Morgan fingerprint density at radius 2 is 2.06 bits per heavy atom. The second-order valence-corrected chi connectivity index (χ2v) is 5.68. The highest BCUT2D eigenvalue weighted by atomic mass is 35.5. The topological polar surface area (TPSA) is 29.1 Å². The van der Waals surface area contributed by atoms with E-state index in [9.17, 15) is 4.79 Å². The number of halogens is 1. The van der Waals surface area contributed by atoms with Crippen molar-refractivity contribution in [2.75, 3.05) is 5.88 Å². The van der Waals surface area contributed by atoms with Crippen LogP contribution in [0.2, 0.25) is 0 Å². The third-order valence-corrected chi connectivity index (χ3v) is 3.99. The molecule has 0 saturated heterocycles. The summed E-state index contributed by atoms with van der Waals surface area (Å²) < 4.78 is 0. The monoisotopic (exact) mass is 265 g/mol. The maximum absolute atomic E-state index is 12.1. The highest BCUT2D eigenvalue weighted by molar-refractivity contribution is 6.18. The highest BCUT2D eigenvalue weighted by Crippen LogP contribution is 2.47. The van der Waals surface area contributed by atoms with E-state index < -0.39 is 0 Å². The quantitative estimate of drug-likeness (QED) is 0.814. The zero-order valence-electron chi connectivity index (χ0n) is 10.9. The molecule has 1 N–H and O–H groups in total. The fourth-order valence-electron chi connectivity index (χ4n) is 2.23. The SMILES string of the molecule is CC(C)C(CCl)NC(=O)C1CC1c1ccccc1. The van der Waals surface area contributed by atoms with Crippen molar-refractivity contribution in [3.8, 4) is 0 Å². The van der Waals surface area contributed by atoms with Crippen LogP contribution in [0, 0.1) is 11.8 Å². The fraction of sp³-hybridized carbons (Fsp3) is 0.533. The van der Waals surface area contributed by atoms with Crippen LogP contribution >= 0.6 is 11.6 Å². The van der Waals surface area contributed by atoms with Crippen molar-refractivity contribution in [3.63, 3.8) is 0 Å². The molecule has 2 nitrogen and oxygen atoms in total. The number of benzene rings is 1. The van der Waals surface area contributed by atoms with Crippen LogP contribution in [0.25, 0.3) is 0 Å². The van der Waals surface area contributed by atoms with Gasteiger partial charge in [0.1, 0.15) is 0 Å². The number of alkyl halides is 1. The van der Waals surface area contributed by atoms with E-state index in [1.807, 2.05) is 18.2 Å². The van der Waals surface area contributed by atoms with E-state index in [0.717, 1.165) is 6.42 Å². The van der Waals surface area contributed by atoms with Gasteiger partial charge in [0.05, 0.1) is 0 Å².